The molecule has 1 fully saturated rings. The second-order valence-electron chi connectivity index (χ2n) is 7.26. The molecule has 0 aromatic carbocycles. The van der Waals surface area contributed by atoms with E-state index in [1.54, 1.807) is 0 Å². The predicted molar refractivity (Wildman–Crippen MR) is 73.7 cm³/mol. The Morgan fingerprint density at radius 1 is 1.00 bits per heavy atom. The van der Waals surface area contributed by atoms with E-state index in [4.69, 9.17) is 4.74 Å². The van der Waals surface area contributed by atoms with E-state index < -0.39 is 0 Å². The highest BCUT2D eigenvalue weighted by Crippen LogP contribution is 2.17. The van der Waals surface area contributed by atoms with Crippen LogP contribution in [-0.2, 0) is 4.74 Å². The van der Waals surface area contributed by atoms with E-state index >= 15 is 0 Å². The van der Waals surface area contributed by atoms with Crippen molar-refractivity contribution in [2.24, 2.45) is 5.41 Å². The quantitative estimate of drug-likeness (QED) is 0.723. The van der Waals surface area contributed by atoms with Crippen LogP contribution in [0.3, 0.4) is 0 Å². The molecule has 0 aliphatic carbocycles. The lowest BCUT2D eigenvalue weighted by atomic mass is 9.99. The lowest BCUT2D eigenvalue weighted by Gasteiger charge is -2.41. The molecule has 0 atom stereocenters. The van der Waals surface area contributed by atoms with Crippen LogP contribution in [0, 0.1) is 5.41 Å². The smallest absolute Gasteiger partial charge is 0.409 e. The molecule has 18 heavy (non-hydrogen) atoms. The third-order valence-corrected chi connectivity index (χ3v) is 3.12. The van der Waals surface area contributed by atoms with Crippen LogP contribution >= 0.6 is 0 Å². The number of carbonyl (C=O) groups excluding carboxylic acids is 1. The topological polar surface area (TPSA) is 32.8 Å². The zero-order valence-electron chi connectivity index (χ0n) is 12.7. The van der Waals surface area contributed by atoms with Gasteiger partial charge in [-0.15, -0.1) is 0 Å². The minimum absolute atomic E-state index is 0.0306. The van der Waals surface area contributed by atoms with Crippen molar-refractivity contribution in [2.75, 3.05) is 32.8 Å². The first-order valence-corrected chi connectivity index (χ1v) is 6.76. The number of rotatable bonds is 1. The summed E-state index contributed by atoms with van der Waals surface area (Å²) in [5, 5.41) is 0. The molecular weight excluding hydrogens is 228 g/mol. The molecule has 0 bridgehead atoms. The molecule has 4 nitrogen and oxygen atoms in total. The minimum atomic E-state index is -0.168. The molecule has 0 radical (unpaired) electrons. The van der Waals surface area contributed by atoms with Crippen molar-refractivity contribution in [1.82, 2.24) is 9.80 Å². The highest BCUT2D eigenvalue weighted by atomic mass is 16.6. The Hall–Kier alpha value is -0.770. The molecule has 0 N–H and O–H groups in total. The van der Waals surface area contributed by atoms with E-state index in [1.807, 2.05) is 4.90 Å². The molecule has 1 aliphatic heterocycles. The first-order valence-electron chi connectivity index (χ1n) is 6.76. The van der Waals surface area contributed by atoms with Crippen molar-refractivity contribution in [3.05, 3.63) is 0 Å². The van der Waals surface area contributed by atoms with Crippen LogP contribution in [0.1, 0.15) is 41.5 Å². The third-order valence-electron chi connectivity index (χ3n) is 3.12. The maximum atomic E-state index is 11.9. The Labute approximate surface area is 111 Å². The summed E-state index contributed by atoms with van der Waals surface area (Å²) in [6.07, 6.45) is -0.168. The summed E-state index contributed by atoms with van der Waals surface area (Å²) in [5.74, 6) is 0. The van der Waals surface area contributed by atoms with Crippen LogP contribution in [0.5, 0.6) is 0 Å². The normalized spacial score (nSPS) is 18.9. The highest BCUT2D eigenvalue weighted by Gasteiger charge is 2.28. The van der Waals surface area contributed by atoms with E-state index in [2.05, 4.69) is 46.4 Å². The third kappa shape index (κ3) is 4.84. The largest absolute Gasteiger partial charge is 0.449 e. The molecular formula is C14H28N2O2. The highest BCUT2D eigenvalue weighted by molar-refractivity contribution is 5.67. The molecule has 106 valence electrons. The second kappa shape index (κ2) is 5.47. The number of piperazine rings is 1. The zero-order chi connectivity index (χ0) is 14.0. The SMILES string of the molecule is CC(C)(C)COC(=O)N1CCN(C(C)(C)C)CC1. The Morgan fingerprint density at radius 3 is 1.89 bits per heavy atom. The summed E-state index contributed by atoms with van der Waals surface area (Å²) in [7, 11) is 0. The fourth-order valence-electron chi connectivity index (χ4n) is 1.93. The molecule has 0 unspecified atom stereocenters. The van der Waals surface area contributed by atoms with E-state index in [0.29, 0.717) is 6.61 Å². The molecule has 4 heteroatoms. The molecule has 1 rings (SSSR count). The monoisotopic (exact) mass is 256 g/mol. The lowest BCUT2D eigenvalue weighted by Crippen LogP contribution is -2.54. The average molecular weight is 256 g/mol. The molecule has 1 amide bonds. The molecule has 0 saturated carbocycles. The van der Waals surface area contributed by atoms with E-state index in [9.17, 15) is 4.79 Å². The molecule has 1 saturated heterocycles. The fraction of sp³-hybridized carbons (Fsp3) is 0.929. The fourth-order valence-corrected chi connectivity index (χ4v) is 1.93. The van der Waals surface area contributed by atoms with Gasteiger partial charge in [-0.05, 0) is 26.2 Å². The number of hydrogen-bond acceptors (Lipinski definition) is 3. The number of nitrogens with zero attached hydrogens (tertiary/aromatic N) is 2. The van der Waals surface area contributed by atoms with Crippen LogP contribution in [0.15, 0.2) is 0 Å². The molecule has 0 aromatic heterocycles. The molecule has 0 spiro atoms. The second-order valence-corrected chi connectivity index (χ2v) is 7.26. The van der Waals surface area contributed by atoms with Gasteiger partial charge >= 0.3 is 6.09 Å². The van der Waals surface area contributed by atoms with Gasteiger partial charge in [-0.2, -0.15) is 0 Å². The number of hydrogen-bond donors (Lipinski definition) is 0. The standard InChI is InChI=1S/C14H28N2O2/c1-13(2,3)11-18-12(17)15-7-9-16(10-8-15)14(4,5)6/h7-11H2,1-6H3. The van der Waals surface area contributed by atoms with Gasteiger partial charge in [-0.25, -0.2) is 4.79 Å². The van der Waals surface area contributed by atoms with Gasteiger partial charge in [0.2, 0.25) is 0 Å². The van der Waals surface area contributed by atoms with Crippen LogP contribution in [0.4, 0.5) is 4.79 Å². The van der Waals surface area contributed by atoms with Crippen molar-refractivity contribution in [3.63, 3.8) is 0 Å². The van der Waals surface area contributed by atoms with Crippen LogP contribution < -0.4 is 0 Å². The van der Waals surface area contributed by atoms with E-state index in [0.717, 1.165) is 26.2 Å². The predicted octanol–water partition coefficient (Wildman–Crippen LogP) is 2.59. The van der Waals surface area contributed by atoms with Gasteiger partial charge in [0.15, 0.2) is 0 Å². The molecule has 0 aromatic rings. The Morgan fingerprint density at radius 2 is 1.50 bits per heavy atom. The van der Waals surface area contributed by atoms with Gasteiger partial charge in [0, 0.05) is 31.7 Å². The first kappa shape index (κ1) is 15.3. The summed E-state index contributed by atoms with van der Waals surface area (Å²) >= 11 is 0. The Kier molecular flexibility index (Phi) is 4.65. The summed E-state index contributed by atoms with van der Waals surface area (Å²) in [5.41, 5.74) is 0.213. The summed E-state index contributed by atoms with van der Waals surface area (Å²) < 4.78 is 5.34. The first-order chi connectivity index (χ1) is 8.09. The van der Waals surface area contributed by atoms with Crippen molar-refractivity contribution in [2.45, 2.75) is 47.1 Å². The van der Waals surface area contributed by atoms with E-state index in [1.165, 1.54) is 0 Å². The van der Waals surface area contributed by atoms with Crippen LogP contribution in [-0.4, -0.2) is 54.2 Å². The summed E-state index contributed by atoms with van der Waals surface area (Å²) in [6.45, 7) is 16.7. The number of amides is 1. The lowest BCUT2D eigenvalue weighted by molar-refractivity contribution is 0.0340. The number of carbonyl (C=O) groups is 1. The Balaban J connectivity index is 2.37. The van der Waals surface area contributed by atoms with Crippen molar-refractivity contribution in [3.8, 4) is 0 Å². The van der Waals surface area contributed by atoms with Gasteiger partial charge in [0.25, 0.3) is 0 Å². The molecule has 1 heterocycles. The average Bonchev–Trinajstić information content (AvgIpc) is 2.24. The zero-order valence-corrected chi connectivity index (χ0v) is 12.7. The summed E-state index contributed by atoms with van der Waals surface area (Å²) in [6, 6.07) is 0. The van der Waals surface area contributed by atoms with Gasteiger partial charge < -0.3 is 9.64 Å². The van der Waals surface area contributed by atoms with Gasteiger partial charge in [0.1, 0.15) is 0 Å². The maximum absolute atomic E-state index is 11.9. The van der Waals surface area contributed by atoms with Gasteiger partial charge in [-0.3, -0.25) is 4.90 Å². The summed E-state index contributed by atoms with van der Waals surface area (Å²) in [4.78, 5) is 16.1. The van der Waals surface area contributed by atoms with E-state index in [-0.39, 0.29) is 17.0 Å². The minimum Gasteiger partial charge on any atom is -0.449 e. The van der Waals surface area contributed by atoms with Crippen molar-refractivity contribution < 1.29 is 9.53 Å². The van der Waals surface area contributed by atoms with Crippen LogP contribution in [0.2, 0.25) is 0 Å². The van der Waals surface area contributed by atoms with Crippen LogP contribution in [0.25, 0.3) is 0 Å². The van der Waals surface area contributed by atoms with Crippen molar-refractivity contribution >= 4 is 6.09 Å². The van der Waals surface area contributed by atoms with Crippen molar-refractivity contribution in [1.29, 1.82) is 0 Å². The number of ether oxygens (including phenoxy) is 1. The van der Waals surface area contributed by atoms with Gasteiger partial charge in [0.05, 0.1) is 6.61 Å². The maximum Gasteiger partial charge on any atom is 0.409 e. The van der Waals surface area contributed by atoms with Gasteiger partial charge in [-0.1, -0.05) is 20.8 Å². The molecule has 1 aliphatic rings. The Bertz CT molecular complexity index is 281.